The second-order valence-corrected chi connectivity index (χ2v) is 7.11. The topological polar surface area (TPSA) is 79.8 Å². The number of pyridine rings is 1. The van der Waals surface area contributed by atoms with E-state index in [1.807, 2.05) is 54.7 Å². The number of nitrogens with zero attached hydrogens (tertiary/aromatic N) is 3. The van der Waals surface area contributed by atoms with Crippen molar-refractivity contribution in [1.29, 1.82) is 0 Å². The average molecular weight is 369 g/mol. The van der Waals surface area contributed by atoms with E-state index in [2.05, 4.69) is 15.6 Å². The SMILES string of the molecule is CC(=O)c1ccc2c(c1)nc(Nc1ccccc1)c1nc(NC3CC3)ncc12. The highest BCUT2D eigenvalue weighted by Crippen LogP contribution is 2.31. The van der Waals surface area contributed by atoms with Crippen molar-refractivity contribution in [3.63, 3.8) is 0 Å². The summed E-state index contributed by atoms with van der Waals surface area (Å²) >= 11 is 0. The van der Waals surface area contributed by atoms with E-state index in [9.17, 15) is 4.79 Å². The predicted octanol–water partition coefficient (Wildman–Crippen LogP) is 4.70. The lowest BCUT2D eigenvalue weighted by atomic mass is 10.1. The molecule has 5 rings (SSSR count). The van der Waals surface area contributed by atoms with Gasteiger partial charge < -0.3 is 10.6 Å². The largest absolute Gasteiger partial charge is 0.351 e. The van der Waals surface area contributed by atoms with Gasteiger partial charge in [0.15, 0.2) is 11.6 Å². The van der Waals surface area contributed by atoms with Crippen LogP contribution in [0.1, 0.15) is 30.1 Å². The first kappa shape index (κ1) is 16.6. The molecule has 6 nitrogen and oxygen atoms in total. The molecule has 6 heteroatoms. The molecule has 1 aliphatic rings. The number of rotatable bonds is 5. The van der Waals surface area contributed by atoms with Crippen molar-refractivity contribution < 1.29 is 4.79 Å². The van der Waals surface area contributed by atoms with Crippen LogP contribution >= 0.6 is 0 Å². The summed E-state index contributed by atoms with van der Waals surface area (Å²) in [4.78, 5) is 25.8. The van der Waals surface area contributed by atoms with Gasteiger partial charge in [-0.25, -0.2) is 15.0 Å². The molecule has 0 amide bonds. The highest BCUT2D eigenvalue weighted by Gasteiger charge is 2.22. The van der Waals surface area contributed by atoms with Crippen molar-refractivity contribution in [3.8, 4) is 0 Å². The summed E-state index contributed by atoms with van der Waals surface area (Å²) < 4.78 is 0. The van der Waals surface area contributed by atoms with E-state index in [4.69, 9.17) is 9.97 Å². The first-order chi connectivity index (χ1) is 13.7. The summed E-state index contributed by atoms with van der Waals surface area (Å²) in [5.41, 5.74) is 3.06. The molecule has 0 saturated heterocycles. The van der Waals surface area contributed by atoms with Gasteiger partial charge in [-0.05, 0) is 38.0 Å². The molecule has 0 unspecified atom stereocenters. The zero-order valence-electron chi connectivity index (χ0n) is 15.4. The summed E-state index contributed by atoms with van der Waals surface area (Å²) in [6.45, 7) is 1.56. The van der Waals surface area contributed by atoms with E-state index < -0.39 is 0 Å². The molecule has 2 aromatic carbocycles. The smallest absolute Gasteiger partial charge is 0.223 e. The normalized spacial score (nSPS) is 13.6. The number of benzene rings is 2. The van der Waals surface area contributed by atoms with E-state index in [0.29, 0.717) is 23.4 Å². The number of ketones is 1. The van der Waals surface area contributed by atoms with Gasteiger partial charge in [-0.1, -0.05) is 30.3 Å². The van der Waals surface area contributed by atoms with E-state index in [-0.39, 0.29) is 5.78 Å². The average Bonchev–Trinajstić information content (AvgIpc) is 3.52. The highest BCUT2D eigenvalue weighted by molar-refractivity contribution is 6.10. The molecule has 0 atom stereocenters. The highest BCUT2D eigenvalue weighted by atomic mass is 16.1. The van der Waals surface area contributed by atoms with Crippen LogP contribution in [-0.2, 0) is 0 Å². The summed E-state index contributed by atoms with van der Waals surface area (Å²) in [5, 5.41) is 8.55. The molecule has 1 fully saturated rings. The molecule has 1 aliphatic carbocycles. The zero-order valence-corrected chi connectivity index (χ0v) is 15.4. The lowest BCUT2D eigenvalue weighted by Gasteiger charge is -2.12. The Hall–Kier alpha value is -3.54. The van der Waals surface area contributed by atoms with E-state index >= 15 is 0 Å². The van der Waals surface area contributed by atoms with E-state index in [1.165, 1.54) is 0 Å². The van der Waals surface area contributed by atoms with Crippen LogP contribution in [0.3, 0.4) is 0 Å². The Kier molecular flexibility index (Phi) is 3.90. The van der Waals surface area contributed by atoms with Gasteiger partial charge in [0.1, 0.15) is 5.52 Å². The molecule has 0 spiro atoms. The van der Waals surface area contributed by atoms with Crippen molar-refractivity contribution in [2.75, 3.05) is 10.6 Å². The number of carbonyl (C=O) groups is 1. The molecule has 0 radical (unpaired) electrons. The van der Waals surface area contributed by atoms with E-state index in [1.54, 1.807) is 6.92 Å². The van der Waals surface area contributed by atoms with Gasteiger partial charge >= 0.3 is 0 Å². The van der Waals surface area contributed by atoms with Gasteiger partial charge in [-0.3, -0.25) is 4.79 Å². The predicted molar refractivity (Wildman–Crippen MR) is 111 cm³/mol. The monoisotopic (exact) mass is 369 g/mol. The standard InChI is InChI=1S/C22H19N5O/c1-13(28)14-7-10-17-18-12-23-22(25-16-8-9-16)27-20(18)21(26-19(17)11-14)24-15-5-3-2-4-6-15/h2-7,10-12,16H,8-9H2,1H3,(H,24,26)(H,23,25,27). The lowest BCUT2D eigenvalue weighted by Crippen LogP contribution is -2.06. The van der Waals surface area contributed by atoms with Crippen LogP contribution in [0.5, 0.6) is 0 Å². The number of hydrogen-bond donors (Lipinski definition) is 2. The number of carbonyl (C=O) groups excluding carboxylic acids is 1. The van der Waals surface area contributed by atoms with Crippen LogP contribution < -0.4 is 10.6 Å². The number of para-hydroxylation sites is 1. The molecule has 138 valence electrons. The summed E-state index contributed by atoms with van der Waals surface area (Å²) in [7, 11) is 0. The van der Waals surface area contributed by atoms with Crippen LogP contribution in [0.25, 0.3) is 21.8 Å². The molecule has 2 aromatic heterocycles. The van der Waals surface area contributed by atoms with Gasteiger partial charge in [0.05, 0.1) is 5.52 Å². The molecular formula is C22H19N5O. The first-order valence-electron chi connectivity index (χ1n) is 9.37. The maximum Gasteiger partial charge on any atom is 0.223 e. The summed E-state index contributed by atoms with van der Waals surface area (Å²) in [6.07, 6.45) is 4.14. The molecule has 0 aliphatic heterocycles. The van der Waals surface area contributed by atoms with Gasteiger partial charge in [0, 0.05) is 34.3 Å². The second kappa shape index (κ2) is 6.56. The third kappa shape index (κ3) is 3.13. The molecule has 2 heterocycles. The third-order valence-corrected chi connectivity index (χ3v) is 4.89. The minimum Gasteiger partial charge on any atom is -0.351 e. The maximum absolute atomic E-state index is 11.8. The maximum atomic E-state index is 11.8. The quantitative estimate of drug-likeness (QED) is 0.392. The molecule has 4 aromatic rings. The molecule has 28 heavy (non-hydrogen) atoms. The number of aromatic nitrogens is 3. The number of nitrogens with one attached hydrogen (secondary N) is 2. The minimum atomic E-state index is 0.0154. The number of Topliss-reactive ketones (excluding diaryl/α,β-unsaturated/α-hetero) is 1. The molecular weight excluding hydrogens is 350 g/mol. The van der Waals surface area contributed by atoms with Crippen molar-refractivity contribution >= 4 is 45.0 Å². The van der Waals surface area contributed by atoms with Crippen molar-refractivity contribution in [1.82, 2.24) is 15.0 Å². The minimum absolute atomic E-state index is 0.0154. The van der Waals surface area contributed by atoms with E-state index in [0.717, 1.165) is 40.3 Å². The number of fused-ring (bicyclic) bond motifs is 3. The van der Waals surface area contributed by atoms with Gasteiger partial charge in [0.2, 0.25) is 5.95 Å². The Balaban J connectivity index is 1.71. The Morgan fingerprint density at radius 3 is 2.61 bits per heavy atom. The van der Waals surface area contributed by atoms with Crippen molar-refractivity contribution in [2.24, 2.45) is 0 Å². The fourth-order valence-corrected chi connectivity index (χ4v) is 3.23. The third-order valence-electron chi connectivity index (χ3n) is 4.89. The van der Waals surface area contributed by atoms with Crippen LogP contribution in [0, 0.1) is 0 Å². The van der Waals surface area contributed by atoms with Crippen molar-refractivity contribution in [2.45, 2.75) is 25.8 Å². The second-order valence-electron chi connectivity index (χ2n) is 7.11. The Morgan fingerprint density at radius 1 is 1.04 bits per heavy atom. The summed E-state index contributed by atoms with van der Waals surface area (Å²) in [6, 6.07) is 15.9. The van der Waals surface area contributed by atoms with Crippen LogP contribution in [0.15, 0.2) is 54.7 Å². The number of anilines is 3. The number of hydrogen-bond acceptors (Lipinski definition) is 6. The summed E-state index contributed by atoms with van der Waals surface area (Å²) in [5.74, 6) is 1.28. The van der Waals surface area contributed by atoms with Gasteiger partial charge in [0.25, 0.3) is 0 Å². The Bertz CT molecular complexity index is 1200. The lowest BCUT2D eigenvalue weighted by molar-refractivity contribution is 0.101. The molecule has 1 saturated carbocycles. The zero-order chi connectivity index (χ0) is 19.1. The molecule has 2 N–H and O–H groups in total. The Morgan fingerprint density at radius 2 is 1.86 bits per heavy atom. The fraction of sp³-hybridized carbons (Fsp3) is 0.182. The van der Waals surface area contributed by atoms with Crippen LogP contribution in [-0.4, -0.2) is 26.8 Å². The van der Waals surface area contributed by atoms with Crippen LogP contribution in [0.4, 0.5) is 17.5 Å². The van der Waals surface area contributed by atoms with Gasteiger partial charge in [-0.15, -0.1) is 0 Å². The van der Waals surface area contributed by atoms with Gasteiger partial charge in [-0.2, -0.15) is 0 Å². The molecule has 0 bridgehead atoms. The fourth-order valence-electron chi connectivity index (χ4n) is 3.23. The Labute approximate surface area is 162 Å². The van der Waals surface area contributed by atoms with Crippen LogP contribution in [0.2, 0.25) is 0 Å². The van der Waals surface area contributed by atoms with Crippen molar-refractivity contribution in [3.05, 3.63) is 60.3 Å². The first-order valence-corrected chi connectivity index (χ1v) is 9.37.